The lowest BCUT2D eigenvalue weighted by Crippen LogP contribution is -2.07. The lowest BCUT2D eigenvalue weighted by molar-refractivity contribution is -0.109. The number of aldehydes is 1. The first-order valence-corrected chi connectivity index (χ1v) is 7.84. The molecule has 0 amide bonds. The van der Waals surface area contributed by atoms with E-state index in [9.17, 15) is 4.79 Å². The molecule has 0 aliphatic heterocycles. The molecule has 3 aromatic rings. The Morgan fingerprint density at radius 2 is 1.81 bits per heavy atom. The van der Waals surface area contributed by atoms with Crippen molar-refractivity contribution in [2.45, 2.75) is 17.7 Å². The zero-order valence-electron chi connectivity index (χ0n) is 11.7. The number of hydrogen-bond acceptors (Lipinski definition) is 1. The molecule has 0 radical (unpaired) electrons. The number of nitrogens with one attached hydrogen (secondary N) is 1. The lowest BCUT2D eigenvalue weighted by Gasteiger charge is -2.17. The normalized spacial score (nSPS) is 14.0. The largest absolute Gasteiger partial charge is 0.361 e. The van der Waals surface area contributed by atoms with Gasteiger partial charge in [0.25, 0.3) is 0 Å². The van der Waals surface area contributed by atoms with E-state index in [4.69, 9.17) is 0 Å². The van der Waals surface area contributed by atoms with Crippen LogP contribution >= 0.6 is 15.9 Å². The van der Waals surface area contributed by atoms with E-state index in [2.05, 4.69) is 52.1 Å². The Morgan fingerprint density at radius 3 is 2.52 bits per heavy atom. The summed E-state index contributed by atoms with van der Waals surface area (Å²) < 4.78 is 0. The molecule has 3 heteroatoms. The third-order valence-electron chi connectivity index (χ3n) is 3.84. The van der Waals surface area contributed by atoms with E-state index < -0.39 is 0 Å². The Balaban J connectivity index is 2.01. The minimum absolute atomic E-state index is 0.0326. The van der Waals surface area contributed by atoms with Gasteiger partial charge < -0.3 is 9.78 Å². The molecule has 3 rings (SSSR count). The van der Waals surface area contributed by atoms with Gasteiger partial charge in [0.1, 0.15) is 6.29 Å². The summed E-state index contributed by atoms with van der Waals surface area (Å²) in [5.74, 6) is -0.219. The van der Waals surface area contributed by atoms with E-state index in [0.29, 0.717) is 0 Å². The van der Waals surface area contributed by atoms with Crippen LogP contribution in [0.2, 0.25) is 0 Å². The molecule has 0 saturated carbocycles. The van der Waals surface area contributed by atoms with Crippen LogP contribution in [-0.2, 0) is 4.79 Å². The fourth-order valence-corrected chi connectivity index (χ4v) is 3.34. The van der Waals surface area contributed by atoms with Gasteiger partial charge in [0.2, 0.25) is 0 Å². The number of rotatable bonds is 4. The van der Waals surface area contributed by atoms with Crippen LogP contribution in [0.3, 0.4) is 0 Å². The van der Waals surface area contributed by atoms with Crippen molar-refractivity contribution in [3.63, 3.8) is 0 Å². The van der Waals surface area contributed by atoms with Crippen LogP contribution in [0.15, 0.2) is 54.7 Å². The summed E-state index contributed by atoms with van der Waals surface area (Å²) in [6, 6.07) is 16.3. The molecule has 2 unspecified atom stereocenters. The molecule has 2 nitrogen and oxygen atoms in total. The van der Waals surface area contributed by atoms with Crippen molar-refractivity contribution in [1.29, 1.82) is 0 Å². The van der Waals surface area contributed by atoms with Gasteiger partial charge in [0, 0.05) is 17.1 Å². The summed E-state index contributed by atoms with van der Waals surface area (Å²) in [4.78, 5) is 14.9. The predicted octanol–water partition coefficient (Wildman–Crippen LogP) is 4.90. The van der Waals surface area contributed by atoms with E-state index in [1.54, 1.807) is 0 Å². The van der Waals surface area contributed by atoms with Crippen molar-refractivity contribution in [2.75, 3.05) is 0 Å². The molecule has 0 spiro atoms. The number of para-hydroxylation sites is 1. The van der Waals surface area contributed by atoms with Gasteiger partial charge >= 0.3 is 0 Å². The molecule has 0 saturated heterocycles. The number of hydrogen-bond donors (Lipinski definition) is 1. The maximum atomic E-state index is 11.7. The van der Waals surface area contributed by atoms with Crippen molar-refractivity contribution >= 4 is 33.1 Å². The molecule has 106 valence electrons. The number of halogens is 1. The summed E-state index contributed by atoms with van der Waals surface area (Å²) in [6.07, 6.45) is 2.96. The average Bonchev–Trinajstić information content (AvgIpc) is 2.93. The van der Waals surface area contributed by atoms with E-state index in [-0.39, 0.29) is 10.7 Å². The molecule has 21 heavy (non-hydrogen) atoms. The highest BCUT2D eigenvalue weighted by Crippen LogP contribution is 2.39. The summed E-state index contributed by atoms with van der Waals surface area (Å²) in [5, 5.41) is 1.10. The highest BCUT2D eigenvalue weighted by molar-refractivity contribution is 9.09. The zero-order valence-corrected chi connectivity index (χ0v) is 13.3. The van der Waals surface area contributed by atoms with Gasteiger partial charge in [0.05, 0.1) is 10.7 Å². The van der Waals surface area contributed by atoms with Gasteiger partial charge in [-0.3, -0.25) is 0 Å². The zero-order chi connectivity index (χ0) is 14.8. The molecule has 0 fully saturated rings. The fraction of sp³-hybridized carbons (Fsp3) is 0.167. The predicted molar refractivity (Wildman–Crippen MR) is 90.0 cm³/mol. The van der Waals surface area contributed by atoms with Crippen molar-refractivity contribution in [2.24, 2.45) is 0 Å². The van der Waals surface area contributed by atoms with Crippen LogP contribution in [-0.4, -0.2) is 11.3 Å². The number of alkyl halides is 1. The van der Waals surface area contributed by atoms with Gasteiger partial charge in [-0.05, 0) is 24.1 Å². The Kier molecular flexibility index (Phi) is 3.93. The van der Waals surface area contributed by atoms with Gasteiger partial charge in [-0.2, -0.15) is 0 Å². The average molecular weight is 342 g/mol. The summed E-state index contributed by atoms with van der Waals surface area (Å²) >= 11 is 3.70. The van der Waals surface area contributed by atoms with Gasteiger partial charge in [0.15, 0.2) is 0 Å². The van der Waals surface area contributed by atoms with Crippen LogP contribution in [0.4, 0.5) is 0 Å². The third-order valence-corrected chi connectivity index (χ3v) is 4.94. The maximum Gasteiger partial charge on any atom is 0.128 e. The maximum absolute atomic E-state index is 11.7. The fourth-order valence-electron chi connectivity index (χ4n) is 2.63. The Bertz CT molecular complexity index is 760. The Morgan fingerprint density at radius 1 is 1.10 bits per heavy atom. The summed E-state index contributed by atoms with van der Waals surface area (Å²) in [5.41, 5.74) is 4.42. The van der Waals surface area contributed by atoms with E-state index in [1.165, 1.54) is 5.56 Å². The Labute approximate surface area is 132 Å². The summed E-state index contributed by atoms with van der Waals surface area (Å²) in [7, 11) is 0. The van der Waals surface area contributed by atoms with Crippen LogP contribution in [0, 0.1) is 6.92 Å². The molecule has 0 bridgehead atoms. The third kappa shape index (κ3) is 2.66. The van der Waals surface area contributed by atoms with E-state index in [0.717, 1.165) is 28.3 Å². The second kappa shape index (κ2) is 5.86. The standard InChI is InChI=1S/C18H16BrNO/c1-12-6-8-13(9-7-12)18(19)16(11-21)15-10-20-17-5-3-2-4-14(15)17/h2-11,16,18,20H,1H3. The number of fused-ring (bicyclic) bond motifs is 1. The number of aryl methyl sites for hydroxylation is 1. The SMILES string of the molecule is Cc1ccc(C(Br)C(C=O)c2c[nH]c3ccccc23)cc1. The molecular formula is C18H16BrNO. The quantitative estimate of drug-likeness (QED) is 0.531. The van der Waals surface area contributed by atoms with Gasteiger partial charge in [-0.15, -0.1) is 0 Å². The van der Waals surface area contributed by atoms with Crippen molar-refractivity contribution in [3.8, 4) is 0 Å². The molecule has 2 aromatic carbocycles. The molecule has 0 aliphatic rings. The van der Waals surface area contributed by atoms with E-state index >= 15 is 0 Å². The topological polar surface area (TPSA) is 32.9 Å². The highest BCUT2D eigenvalue weighted by Gasteiger charge is 2.24. The van der Waals surface area contributed by atoms with Crippen LogP contribution in [0.1, 0.15) is 27.4 Å². The molecule has 1 N–H and O–H groups in total. The van der Waals surface area contributed by atoms with Gasteiger partial charge in [-0.1, -0.05) is 64.0 Å². The van der Waals surface area contributed by atoms with Crippen LogP contribution in [0.5, 0.6) is 0 Å². The molecule has 1 aromatic heterocycles. The minimum Gasteiger partial charge on any atom is -0.361 e. The number of benzene rings is 2. The smallest absolute Gasteiger partial charge is 0.128 e. The molecule has 2 atom stereocenters. The first-order chi connectivity index (χ1) is 10.2. The molecular weight excluding hydrogens is 326 g/mol. The monoisotopic (exact) mass is 341 g/mol. The number of carbonyl (C=O) groups excluding carboxylic acids is 1. The van der Waals surface area contributed by atoms with Crippen LogP contribution in [0.25, 0.3) is 10.9 Å². The lowest BCUT2D eigenvalue weighted by atomic mass is 9.92. The number of aromatic amines is 1. The second-order valence-electron chi connectivity index (χ2n) is 5.26. The van der Waals surface area contributed by atoms with Gasteiger partial charge in [-0.25, -0.2) is 0 Å². The van der Waals surface area contributed by atoms with Crippen LogP contribution < -0.4 is 0 Å². The van der Waals surface area contributed by atoms with Crippen molar-refractivity contribution < 1.29 is 4.79 Å². The highest BCUT2D eigenvalue weighted by atomic mass is 79.9. The van der Waals surface area contributed by atoms with Crippen molar-refractivity contribution in [3.05, 3.63) is 71.4 Å². The number of aromatic nitrogens is 1. The first kappa shape index (κ1) is 14.1. The van der Waals surface area contributed by atoms with Crippen molar-refractivity contribution in [1.82, 2.24) is 4.98 Å². The summed E-state index contributed by atoms with van der Waals surface area (Å²) in [6.45, 7) is 2.06. The molecule has 1 heterocycles. The first-order valence-electron chi connectivity index (χ1n) is 6.92. The Hall–Kier alpha value is -1.87. The molecule has 0 aliphatic carbocycles. The second-order valence-corrected chi connectivity index (χ2v) is 6.25. The number of carbonyl (C=O) groups is 1. The van der Waals surface area contributed by atoms with E-state index in [1.807, 2.05) is 30.5 Å². The minimum atomic E-state index is -0.219. The number of H-pyrrole nitrogens is 1.